The number of carbonyl (C=O) groups is 1. The number of fused-ring (bicyclic) bond motifs is 1. The summed E-state index contributed by atoms with van der Waals surface area (Å²) in [6.07, 6.45) is 6.47. The molecule has 1 heterocycles. The van der Waals surface area contributed by atoms with Crippen molar-refractivity contribution < 1.29 is 13.2 Å². The van der Waals surface area contributed by atoms with Crippen molar-refractivity contribution in [3.8, 4) is 0 Å². The molecule has 144 valence electrons. The van der Waals surface area contributed by atoms with E-state index in [1.165, 1.54) is 25.7 Å². The molecular formula is C20H30N2O3S. The van der Waals surface area contributed by atoms with Gasteiger partial charge in [-0.2, -0.15) is 0 Å². The summed E-state index contributed by atoms with van der Waals surface area (Å²) in [6.45, 7) is 5.68. The van der Waals surface area contributed by atoms with Gasteiger partial charge in [-0.05, 0) is 61.8 Å². The fourth-order valence-corrected chi connectivity index (χ4v) is 5.36. The van der Waals surface area contributed by atoms with Crippen LogP contribution in [-0.4, -0.2) is 38.9 Å². The number of piperidine rings is 1. The van der Waals surface area contributed by atoms with Crippen LogP contribution in [-0.2, 0) is 14.8 Å². The summed E-state index contributed by atoms with van der Waals surface area (Å²) in [6, 6.07) is 5.09. The van der Waals surface area contributed by atoms with Crippen LogP contribution in [0.25, 0.3) is 0 Å². The van der Waals surface area contributed by atoms with E-state index < -0.39 is 10.0 Å². The molecule has 2 aliphatic rings. The standard InChI is InChI=1S/C20H30N2O3S/c1-15-7-8-19(13-16(15)2)26(24,25)21-11-9-20(23)22-12-10-17-5-3-4-6-18(17)14-22/h7-8,13,17-18,21H,3-6,9-12,14H2,1-2H3/t17-,18+/m0/s1. The summed E-state index contributed by atoms with van der Waals surface area (Å²) in [4.78, 5) is 14.7. The summed E-state index contributed by atoms with van der Waals surface area (Å²) in [5, 5.41) is 0. The molecule has 1 saturated carbocycles. The Morgan fingerprint density at radius 2 is 1.85 bits per heavy atom. The van der Waals surface area contributed by atoms with Crippen molar-refractivity contribution in [2.75, 3.05) is 19.6 Å². The number of sulfonamides is 1. The molecule has 1 amide bonds. The van der Waals surface area contributed by atoms with E-state index in [0.717, 1.165) is 36.6 Å². The molecule has 0 spiro atoms. The molecule has 1 aliphatic carbocycles. The zero-order valence-corrected chi connectivity index (χ0v) is 16.6. The Hall–Kier alpha value is -1.40. The number of amides is 1. The van der Waals surface area contributed by atoms with Crippen LogP contribution in [0.5, 0.6) is 0 Å². The van der Waals surface area contributed by atoms with E-state index in [0.29, 0.717) is 5.92 Å². The minimum Gasteiger partial charge on any atom is -0.342 e. The van der Waals surface area contributed by atoms with Gasteiger partial charge in [0.1, 0.15) is 0 Å². The topological polar surface area (TPSA) is 66.5 Å². The third-order valence-electron chi connectivity index (χ3n) is 6.06. The van der Waals surface area contributed by atoms with Crippen molar-refractivity contribution in [2.45, 2.75) is 57.3 Å². The summed E-state index contributed by atoms with van der Waals surface area (Å²) in [5.74, 6) is 1.50. The molecule has 1 aliphatic heterocycles. The number of hydrogen-bond donors (Lipinski definition) is 1. The van der Waals surface area contributed by atoms with Gasteiger partial charge in [-0.3, -0.25) is 4.79 Å². The average molecular weight is 379 g/mol. The molecule has 0 aromatic heterocycles. The molecule has 2 fully saturated rings. The lowest BCUT2D eigenvalue weighted by Crippen LogP contribution is -2.45. The Morgan fingerprint density at radius 3 is 2.58 bits per heavy atom. The van der Waals surface area contributed by atoms with E-state index in [2.05, 4.69) is 4.72 Å². The fourth-order valence-electron chi connectivity index (χ4n) is 4.24. The highest BCUT2D eigenvalue weighted by atomic mass is 32.2. The van der Waals surface area contributed by atoms with Crippen LogP contribution in [0, 0.1) is 25.7 Å². The van der Waals surface area contributed by atoms with Gasteiger partial charge in [0, 0.05) is 26.1 Å². The van der Waals surface area contributed by atoms with Crippen LogP contribution in [0.1, 0.15) is 49.7 Å². The lowest BCUT2D eigenvalue weighted by Gasteiger charge is -2.41. The molecule has 0 bridgehead atoms. The number of rotatable bonds is 5. The number of benzene rings is 1. The third-order valence-corrected chi connectivity index (χ3v) is 7.52. The second kappa shape index (κ2) is 8.09. The van der Waals surface area contributed by atoms with Crippen LogP contribution in [0.4, 0.5) is 0 Å². The first-order chi connectivity index (χ1) is 12.4. The summed E-state index contributed by atoms with van der Waals surface area (Å²) >= 11 is 0. The Labute approximate surface area is 157 Å². The number of nitrogens with zero attached hydrogens (tertiary/aromatic N) is 1. The Morgan fingerprint density at radius 1 is 1.12 bits per heavy atom. The molecule has 3 rings (SSSR count). The van der Waals surface area contributed by atoms with Crippen molar-refractivity contribution >= 4 is 15.9 Å². The maximum atomic E-state index is 12.5. The number of aryl methyl sites for hydroxylation is 2. The largest absolute Gasteiger partial charge is 0.342 e. The molecule has 0 radical (unpaired) electrons. The van der Waals surface area contributed by atoms with Gasteiger partial charge in [0.25, 0.3) is 0 Å². The minimum absolute atomic E-state index is 0.0665. The zero-order valence-electron chi connectivity index (χ0n) is 15.8. The highest BCUT2D eigenvalue weighted by Crippen LogP contribution is 2.36. The Balaban J connectivity index is 1.50. The fraction of sp³-hybridized carbons (Fsp3) is 0.650. The quantitative estimate of drug-likeness (QED) is 0.856. The Bertz CT molecular complexity index is 760. The molecule has 0 unspecified atom stereocenters. The summed E-state index contributed by atoms with van der Waals surface area (Å²) < 4.78 is 27.4. The first kappa shape index (κ1) is 19.4. The molecule has 5 nitrogen and oxygen atoms in total. The molecule has 2 atom stereocenters. The summed E-state index contributed by atoms with van der Waals surface area (Å²) in [7, 11) is -3.57. The maximum absolute atomic E-state index is 12.5. The lowest BCUT2D eigenvalue weighted by atomic mass is 9.75. The molecular weight excluding hydrogens is 348 g/mol. The number of carbonyl (C=O) groups excluding carboxylic acids is 1. The van der Waals surface area contributed by atoms with E-state index in [1.54, 1.807) is 12.1 Å². The van der Waals surface area contributed by atoms with Gasteiger partial charge in [0.15, 0.2) is 0 Å². The maximum Gasteiger partial charge on any atom is 0.240 e. The predicted molar refractivity (Wildman–Crippen MR) is 102 cm³/mol. The van der Waals surface area contributed by atoms with Gasteiger partial charge < -0.3 is 4.90 Å². The van der Waals surface area contributed by atoms with Crippen LogP contribution in [0.3, 0.4) is 0 Å². The normalized spacial score (nSPS) is 23.5. The van der Waals surface area contributed by atoms with Gasteiger partial charge in [0.2, 0.25) is 15.9 Å². The average Bonchev–Trinajstić information content (AvgIpc) is 2.63. The highest BCUT2D eigenvalue weighted by molar-refractivity contribution is 7.89. The zero-order chi connectivity index (χ0) is 18.7. The molecule has 6 heteroatoms. The van der Waals surface area contributed by atoms with Crippen molar-refractivity contribution in [2.24, 2.45) is 11.8 Å². The second-order valence-electron chi connectivity index (χ2n) is 7.83. The van der Waals surface area contributed by atoms with Gasteiger partial charge in [0.05, 0.1) is 4.90 Å². The number of hydrogen-bond acceptors (Lipinski definition) is 3. The first-order valence-corrected chi connectivity index (χ1v) is 11.2. The van der Waals surface area contributed by atoms with Gasteiger partial charge >= 0.3 is 0 Å². The van der Waals surface area contributed by atoms with E-state index >= 15 is 0 Å². The molecule has 1 aromatic rings. The number of likely N-dealkylation sites (tertiary alicyclic amines) is 1. The highest BCUT2D eigenvalue weighted by Gasteiger charge is 2.32. The van der Waals surface area contributed by atoms with E-state index in [-0.39, 0.29) is 23.8 Å². The lowest BCUT2D eigenvalue weighted by molar-refractivity contribution is -0.134. The van der Waals surface area contributed by atoms with E-state index in [4.69, 9.17) is 0 Å². The molecule has 1 aromatic carbocycles. The van der Waals surface area contributed by atoms with Crippen LogP contribution >= 0.6 is 0 Å². The van der Waals surface area contributed by atoms with E-state index in [9.17, 15) is 13.2 Å². The van der Waals surface area contributed by atoms with Crippen molar-refractivity contribution in [1.82, 2.24) is 9.62 Å². The monoisotopic (exact) mass is 378 g/mol. The van der Waals surface area contributed by atoms with Crippen molar-refractivity contribution in [3.63, 3.8) is 0 Å². The smallest absolute Gasteiger partial charge is 0.240 e. The van der Waals surface area contributed by atoms with Gasteiger partial charge in [-0.15, -0.1) is 0 Å². The van der Waals surface area contributed by atoms with Crippen molar-refractivity contribution in [1.29, 1.82) is 0 Å². The number of nitrogens with one attached hydrogen (secondary N) is 1. The predicted octanol–water partition coefficient (Wildman–Crippen LogP) is 3.01. The van der Waals surface area contributed by atoms with Gasteiger partial charge in [-0.25, -0.2) is 13.1 Å². The van der Waals surface area contributed by atoms with Gasteiger partial charge in [-0.1, -0.05) is 25.3 Å². The second-order valence-corrected chi connectivity index (χ2v) is 9.59. The molecule has 26 heavy (non-hydrogen) atoms. The first-order valence-electron chi connectivity index (χ1n) is 9.71. The van der Waals surface area contributed by atoms with E-state index in [1.807, 2.05) is 24.8 Å². The van der Waals surface area contributed by atoms with Crippen LogP contribution < -0.4 is 4.72 Å². The minimum atomic E-state index is -3.57. The van der Waals surface area contributed by atoms with Crippen molar-refractivity contribution in [3.05, 3.63) is 29.3 Å². The van der Waals surface area contributed by atoms with Crippen LogP contribution in [0.15, 0.2) is 23.1 Å². The Kier molecular flexibility index (Phi) is 6.03. The van der Waals surface area contributed by atoms with Crippen LogP contribution in [0.2, 0.25) is 0 Å². The summed E-state index contributed by atoms with van der Waals surface area (Å²) in [5.41, 5.74) is 2.00. The SMILES string of the molecule is Cc1ccc(S(=O)(=O)NCCC(=O)N2CC[C@@H]3CCCC[C@@H]3C2)cc1C. The third kappa shape index (κ3) is 4.46. The molecule has 1 N–H and O–H groups in total. The molecule has 1 saturated heterocycles.